The summed E-state index contributed by atoms with van der Waals surface area (Å²) in [7, 11) is 0. The predicted octanol–water partition coefficient (Wildman–Crippen LogP) is 3.86. The molecule has 0 spiro atoms. The van der Waals surface area contributed by atoms with Gasteiger partial charge in [0.1, 0.15) is 11.2 Å². The molecule has 6 nitrogen and oxygen atoms in total. The van der Waals surface area contributed by atoms with Crippen molar-refractivity contribution >= 4 is 27.8 Å². The maximum atomic E-state index is 12.6. The predicted molar refractivity (Wildman–Crippen MR) is 115 cm³/mol. The van der Waals surface area contributed by atoms with Crippen molar-refractivity contribution in [1.29, 1.82) is 0 Å². The van der Waals surface area contributed by atoms with Crippen LogP contribution < -0.4 is 10.9 Å². The highest BCUT2D eigenvalue weighted by Crippen LogP contribution is 2.34. The monoisotopic (exact) mass is 405 g/mol. The molecule has 2 aromatic heterocycles. The number of carbonyl (C=O) groups is 1. The van der Waals surface area contributed by atoms with Gasteiger partial charge in [0.05, 0.1) is 29.7 Å². The highest BCUT2D eigenvalue weighted by Gasteiger charge is 2.20. The maximum absolute atomic E-state index is 12.6. The molecule has 30 heavy (non-hydrogen) atoms. The van der Waals surface area contributed by atoms with E-state index in [-0.39, 0.29) is 24.4 Å². The van der Waals surface area contributed by atoms with Crippen LogP contribution in [0.5, 0.6) is 0 Å². The Morgan fingerprint density at radius 1 is 1.10 bits per heavy atom. The molecule has 0 radical (unpaired) electrons. The maximum Gasteiger partial charge on any atom is 0.340 e. The SMILES string of the molecule is Cc1coc2c1c(C)cc1oc(=O)c(CC(=O)NC[C@H](O)c3ccccc3)c(C)c12. The van der Waals surface area contributed by atoms with Crippen molar-refractivity contribution in [3.8, 4) is 0 Å². The fourth-order valence-electron chi connectivity index (χ4n) is 3.90. The van der Waals surface area contributed by atoms with E-state index in [1.807, 2.05) is 38.1 Å². The molecule has 154 valence electrons. The van der Waals surface area contributed by atoms with Gasteiger partial charge in [0.2, 0.25) is 5.91 Å². The summed E-state index contributed by atoms with van der Waals surface area (Å²) in [5, 5.41) is 14.6. The lowest BCUT2D eigenvalue weighted by Crippen LogP contribution is -2.31. The quantitative estimate of drug-likeness (QED) is 0.492. The minimum absolute atomic E-state index is 0.0572. The van der Waals surface area contributed by atoms with Crippen LogP contribution in [0.1, 0.15) is 33.9 Å². The third-order valence-electron chi connectivity index (χ3n) is 5.48. The van der Waals surface area contributed by atoms with Gasteiger partial charge >= 0.3 is 5.63 Å². The van der Waals surface area contributed by atoms with Crippen LogP contribution >= 0.6 is 0 Å². The van der Waals surface area contributed by atoms with E-state index in [0.29, 0.717) is 27.7 Å². The van der Waals surface area contributed by atoms with E-state index < -0.39 is 11.7 Å². The molecule has 2 heterocycles. The summed E-state index contributed by atoms with van der Waals surface area (Å²) < 4.78 is 11.3. The van der Waals surface area contributed by atoms with Crippen molar-refractivity contribution in [2.45, 2.75) is 33.3 Å². The van der Waals surface area contributed by atoms with E-state index in [0.717, 1.165) is 16.5 Å². The van der Waals surface area contributed by atoms with Crippen LogP contribution in [0.2, 0.25) is 0 Å². The standard InChI is InChI=1S/C24H23NO5/c1-13-9-19-22(23-21(13)14(2)12-29-23)15(3)17(24(28)30-19)10-20(27)25-11-18(26)16-7-5-4-6-8-16/h4-9,12,18,26H,10-11H2,1-3H3,(H,25,27)/t18-/m0/s1. The Balaban J connectivity index is 1.62. The number of hydrogen-bond donors (Lipinski definition) is 2. The first kappa shape index (κ1) is 19.9. The molecule has 0 saturated heterocycles. The summed E-state index contributed by atoms with van der Waals surface area (Å²) in [5.74, 6) is -0.362. The minimum Gasteiger partial charge on any atom is -0.463 e. The lowest BCUT2D eigenvalue weighted by atomic mass is 9.98. The van der Waals surface area contributed by atoms with Crippen molar-refractivity contribution in [3.63, 3.8) is 0 Å². The van der Waals surface area contributed by atoms with E-state index in [1.165, 1.54) is 0 Å². The highest BCUT2D eigenvalue weighted by atomic mass is 16.4. The number of aryl methyl sites for hydroxylation is 3. The normalized spacial score (nSPS) is 12.4. The highest BCUT2D eigenvalue weighted by molar-refractivity contribution is 6.07. The Hall–Kier alpha value is -3.38. The minimum atomic E-state index is -0.821. The molecule has 4 aromatic rings. The molecule has 0 bridgehead atoms. The lowest BCUT2D eigenvalue weighted by molar-refractivity contribution is -0.120. The first-order valence-electron chi connectivity index (χ1n) is 9.80. The first-order chi connectivity index (χ1) is 14.4. The van der Waals surface area contributed by atoms with Crippen LogP contribution in [0.15, 0.2) is 56.3 Å². The van der Waals surface area contributed by atoms with Gasteiger partial charge in [-0.05, 0) is 49.1 Å². The second-order valence-corrected chi connectivity index (χ2v) is 7.59. The number of amides is 1. The zero-order chi connectivity index (χ0) is 21.4. The summed E-state index contributed by atoms with van der Waals surface area (Å²) >= 11 is 0. The van der Waals surface area contributed by atoms with Crippen molar-refractivity contribution < 1.29 is 18.7 Å². The van der Waals surface area contributed by atoms with E-state index >= 15 is 0 Å². The third-order valence-corrected chi connectivity index (χ3v) is 5.48. The summed E-state index contributed by atoms with van der Waals surface area (Å²) in [6, 6.07) is 10.9. The number of carbonyl (C=O) groups excluding carboxylic acids is 1. The number of nitrogens with one attached hydrogen (secondary N) is 1. The van der Waals surface area contributed by atoms with Gasteiger partial charge in [0.15, 0.2) is 0 Å². The molecular weight excluding hydrogens is 382 g/mol. The Morgan fingerprint density at radius 2 is 1.83 bits per heavy atom. The molecular formula is C24H23NO5. The molecule has 0 aliphatic rings. The first-order valence-corrected chi connectivity index (χ1v) is 9.80. The van der Waals surface area contributed by atoms with Gasteiger partial charge in [-0.3, -0.25) is 4.79 Å². The molecule has 6 heteroatoms. The topological polar surface area (TPSA) is 92.7 Å². The number of rotatable bonds is 5. The van der Waals surface area contributed by atoms with Crippen LogP contribution in [0, 0.1) is 20.8 Å². The second kappa shape index (κ2) is 7.80. The Morgan fingerprint density at radius 3 is 2.57 bits per heavy atom. The molecule has 0 saturated carbocycles. The average Bonchev–Trinajstić information content (AvgIpc) is 3.11. The summed E-state index contributed by atoms with van der Waals surface area (Å²) in [6.45, 7) is 5.76. The fourth-order valence-corrected chi connectivity index (χ4v) is 3.90. The molecule has 0 aliphatic heterocycles. The molecule has 0 unspecified atom stereocenters. The summed E-state index contributed by atoms with van der Waals surface area (Å²) in [6.07, 6.45) is 0.720. The number of aliphatic hydroxyl groups is 1. The van der Waals surface area contributed by atoms with Gasteiger partial charge in [0.25, 0.3) is 0 Å². The van der Waals surface area contributed by atoms with Gasteiger partial charge in [-0.25, -0.2) is 4.79 Å². The summed E-state index contributed by atoms with van der Waals surface area (Å²) in [4.78, 5) is 25.1. The summed E-state index contributed by atoms with van der Waals surface area (Å²) in [5.41, 5.74) is 4.19. The molecule has 0 aliphatic carbocycles. The third kappa shape index (κ3) is 3.50. The average molecular weight is 405 g/mol. The number of hydrogen-bond acceptors (Lipinski definition) is 5. The van der Waals surface area contributed by atoms with Gasteiger partial charge in [-0.1, -0.05) is 30.3 Å². The number of furan rings is 1. The van der Waals surface area contributed by atoms with E-state index in [2.05, 4.69) is 5.32 Å². The largest absolute Gasteiger partial charge is 0.463 e. The second-order valence-electron chi connectivity index (χ2n) is 7.59. The van der Waals surface area contributed by atoms with Crippen LogP contribution in [0.25, 0.3) is 21.9 Å². The van der Waals surface area contributed by atoms with E-state index in [4.69, 9.17) is 8.83 Å². The fraction of sp³-hybridized carbons (Fsp3) is 0.250. The van der Waals surface area contributed by atoms with Crippen LogP contribution in [0.4, 0.5) is 0 Å². The number of aliphatic hydroxyl groups excluding tert-OH is 1. The van der Waals surface area contributed by atoms with Crippen LogP contribution in [-0.4, -0.2) is 17.6 Å². The molecule has 1 amide bonds. The van der Waals surface area contributed by atoms with Crippen molar-refractivity contribution in [3.05, 3.63) is 80.9 Å². The van der Waals surface area contributed by atoms with Crippen molar-refractivity contribution in [1.82, 2.24) is 5.32 Å². The number of benzene rings is 2. The Labute approximate surface area is 173 Å². The molecule has 4 rings (SSSR count). The Kier molecular flexibility index (Phi) is 5.18. The molecule has 2 aromatic carbocycles. The Bertz CT molecular complexity index is 1300. The van der Waals surface area contributed by atoms with Gasteiger partial charge in [-0.15, -0.1) is 0 Å². The molecule has 0 fully saturated rings. The lowest BCUT2D eigenvalue weighted by Gasteiger charge is -2.13. The van der Waals surface area contributed by atoms with Crippen molar-refractivity contribution in [2.24, 2.45) is 0 Å². The van der Waals surface area contributed by atoms with Crippen LogP contribution in [-0.2, 0) is 11.2 Å². The zero-order valence-electron chi connectivity index (χ0n) is 17.1. The molecule has 1 atom stereocenters. The number of fused-ring (bicyclic) bond motifs is 3. The van der Waals surface area contributed by atoms with Gasteiger partial charge in [0, 0.05) is 11.9 Å². The van der Waals surface area contributed by atoms with Crippen LogP contribution in [0.3, 0.4) is 0 Å². The zero-order valence-corrected chi connectivity index (χ0v) is 17.1. The smallest absolute Gasteiger partial charge is 0.340 e. The molecule has 2 N–H and O–H groups in total. The van der Waals surface area contributed by atoms with Crippen molar-refractivity contribution in [2.75, 3.05) is 6.54 Å². The van der Waals surface area contributed by atoms with Gasteiger partial charge < -0.3 is 19.3 Å². The van der Waals surface area contributed by atoms with E-state index in [9.17, 15) is 14.7 Å². The van der Waals surface area contributed by atoms with E-state index in [1.54, 1.807) is 25.3 Å². The van der Waals surface area contributed by atoms with Gasteiger partial charge in [-0.2, -0.15) is 0 Å².